The van der Waals surface area contributed by atoms with Gasteiger partial charge in [0.05, 0.1) is 22.0 Å². The molecule has 0 aliphatic rings. The third-order valence-electron chi connectivity index (χ3n) is 3.00. The number of nitriles is 1. The van der Waals surface area contributed by atoms with Crippen LogP contribution in [-0.2, 0) is 0 Å². The third-order valence-corrected chi connectivity index (χ3v) is 4.33. The monoisotopic (exact) mass is 291 g/mol. The molecule has 19 heavy (non-hydrogen) atoms. The van der Waals surface area contributed by atoms with Gasteiger partial charge in [-0.05, 0) is 30.3 Å². The number of nitrogens with zero attached hydrogens (tertiary/aromatic N) is 2. The van der Waals surface area contributed by atoms with Crippen LogP contribution < -0.4 is 10.6 Å². The summed E-state index contributed by atoms with van der Waals surface area (Å²) in [5.74, 6) is 0. The molecule has 1 heterocycles. The second-order valence-corrected chi connectivity index (χ2v) is 5.91. The van der Waals surface area contributed by atoms with Crippen molar-refractivity contribution in [3.63, 3.8) is 0 Å². The molecule has 1 aromatic heterocycles. The quantitative estimate of drug-likeness (QED) is 0.939. The van der Waals surface area contributed by atoms with Gasteiger partial charge in [0.2, 0.25) is 0 Å². The van der Waals surface area contributed by atoms with Gasteiger partial charge in [-0.2, -0.15) is 5.26 Å². The normalized spacial score (nSPS) is 11.9. The third kappa shape index (κ3) is 3.07. The van der Waals surface area contributed by atoms with Crippen molar-refractivity contribution in [3.8, 4) is 6.07 Å². The molecule has 0 aliphatic heterocycles. The standard InChI is InChI=1S/C14H14ClN3S/c1-18(11-4-2-3-10(7-11)8-16)12(9-17)13-5-6-14(15)19-13/h2-7,12H,9,17H2,1H3. The van der Waals surface area contributed by atoms with E-state index in [1.165, 1.54) is 11.3 Å². The molecule has 1 unspecified atom stereocenters. The van der Waals surface area contributed by atoms with Crippen molar-refractivity contribution in [1.82, 2.24) is 0 Å². The lowest BCUT2D eigenvalue weighted by Gasteiger charge is -2.28. The molecule has 0 amide bonds. The Bertz CT molecular complexity index is 603. The van der Waals surface area contributed by atoms with Crippen LogP contribution in [0.2, 0.25) is 4.34 Å². The van der Waals surface area contributed by atoms with Gasteiger partial charge < -0.3 is 10.6 Å². The van der Waals surface area contributed by atoms with Crippen LogP contribution >= 0.6 is 22.9 Å². The summed E-state index contributed by atoms with van der Waals surface area (Å²) in [5.41, 5.74) is 7.49. The van der Waals surface area contributed by atoms with Crippen molar-refractivity contribution < 1.29 is 0 Å². The molecule has 0 fully saturated rings. The maximum atomic E-state index is 8.95. The molecular formula is C14H14ClN3S. The fraction of sp³-hybridized carbons (Fsp3) is 0.214. The maximum Gasteiger partial charge on any atom is 0.0992 e. The highest BCUT2D eigenvalue weighted by Gasteiger charge is 2.18. The molecule has 0 aliphatic carbocycles. The molecule has 0 saturated heterocycles. The van der Waals surface area contributed by atoms with E-state index in [0.29, 0.717) is 12.1 Å². The van der Waals surface area contributed by atoms with Gasteiger partial charge in [0.25, 0.3) is 0 Å². The summed E-state index contributed by atoms with van der Waals surface area (Å²) in [5, 5.41) is 8.95. The number of nitrogens with two attached hydrogens (primary N) is 1. The number of hydrogen-bond acceptors (Lipinski definition) is 4. The first-order valence-corrected chi connectivity index (χ1v) is 7.03. The van der Waals surface area contributed by atoms with E-state index in [-0.39, 0.29) is 6.04 Å². The minimum absolute atomic E-state index is 0.0615. The molecule has 1 aromatic carbocycles. The van der Waals surface area contributed by atoms with Gasteiger partial charge in [-0.25, -0.2) is 0 Å². The summed E-state index contributed by atoms with van der Waals surface area (Å²) in [6, 6.07) is 13.6. The lowest BCUT2D eigenvalue weighted by Crippen LogP contribution is -2.29. The van der Waals surface area contributed by atoms with Crippen LogP contribution in [0.25, 0.3) is 0 Å². The molecule has 98 valence electrons. The number of thiophene rings is 1. The Labute approximate surface area is 121 Å². The molecule has 0 saturated carbocycles. The van der Waals surface area contributed by atoms with Crippen LogP contribution in [0.15, 0.2) is 36.4 Å². The second-order valence-electron chi connectivity index (χ2n) is 4.17. The largest absolute Gasteiger partial charge is 0.365 e. The van der Waals surface area contributed by atoms with Crippen LogP contribution in [0.4, 0.5) is 5.69 Å². The van der Waals surface area contributed by atoms with Crippen molar-refractivity contribution >= 4 is 28.6 Å². The van der Waals surface area contributed by atoms with E-state index in [1.807, 2.05) is 37.4 Å². The first-order valence-electron chi connectivity index (χ1n) is 5.84. The molecule has 2 aromatic rings. The lowest BCUT2D eigenvalue weighted by atomic mass is 10.1. The average molecular weight is 292 g/mol. The Morgan fingerprint density at radius 1 is 1.42 bits per heavy atom. The molecule has 0 bridgehead atoms. The molecule has 0 spiro atoms. The van der Waals surface area contributed by atoms with E-state index in [2.05, 4.69) is 11.0 Å². The van der Waals surface area contributed by atoms with Crippen LogP contribution in [0, 0.1) is 11.3 Å². The highest BCUT2D eigenvalue weighted by Crippen LogP contribution is 2.32. The maximum absolute atomic E-state index is 8.95. The Morgan fingerprint density at radius 3 is 2.79 bits per heavy atom. The van der Waals surface area contributed by atoms with E-state index < -0.39 is 0 Å². The minimum atomic E-state index is 0.0615. The van der Waals surface area contributed by atoms with Crippen LogP contribution in [0.5, 0.6) is 0 Å². The molecule has 2 rings (SSSR count). The zero-order valence-corrected chi connectivity index (χ0v) is 12.1. The molecule has 0 radical (unpaired) electrons. The number of hydrogen-bond donors (Lipinski definition) is 1. The number of anilines is 1. The summed E-state index contributed by atoms with van der Waals surface area (Å²) >= 11 is 7.51. The average Bonchev–Trinajstić information content (AvgIpc) is 2.86. The second kappa shape index (κ2) is 6.07. The van der Waals surface area contributed by atoms with Gasteiger partial charge in [-0.15, -0.1) is 11.3 Å². The predicted molar refractivity (Wildman–Crippen MR) is 80.7 cm³/mol. The molecule has 3 nitrogen and oxygen atoms in total. The zero-order valence-electron chi connectivity index (χ0n) is 10.5. The van der Waals surface area contributed by atoms with Crippen molar-refractivity contribution in [2.24, 2.45) is 5.73 Å². The fourth-order valence-corrected chi connectivity index (χ4v) is 3.17. The van der Waals surface area contributed by atoms with E-state index in [0.717, 1.165) is 14.9 Å². The first kappa shape index (κ1) is 13.9. The Hall–Kier alpha value is -1.54. The van der Waals surface area contributed by atoms with E-state index in [9.17, 15) is 0 Å². The van der Waals surface area contributed by atoms with Gasteiger partial charge >= 0.3 is 0 Å². The Morgan fingerprint density at radius 2 is 2.21 bits per heavy atom. The summed E-state index contributed by atoms with van der Waals surface area (Å²) in [6.45, 7) is 0.490. The molecular weight excluding hydrogens is 278 g/mol. The summed E-state index contributed by atoms with van der Waals surface area (Å²) in [6.07, 6.45) is 0. The van der Waals surface area contributed by atoms with Gasteiger partial charge in [0.1, 0.15) is 0 Å². The topological polar surface area (TPSA) is 53.0 Å². The predicted octanol–water partition coefficient (Wildman–Crippen LogP) is 3.41. The van der Waals surface area contributed by atoms with E-state index in [4.69, 9.17) is 22.6 Å². The van der Waals surface area contributed by atoms with Crippen molar-refractivity contribution in [2.45, 2.75) is 6.04 Å². The summed E-state index contributed by atoms with van der Waals surface area (Å²) in [7, 11) is 1.97. The van der Waals surface area contributed by atoms with Gasteiger partial charge in [0.15, 0.2) is 0 Å². The number of likely N-dealkylation sites (N-methyl/N-ethyl adjacent to an activating group) is 1. The zero-order chi connectivity index (χ0) is 13.8. The number of rotatable bonds is 4. The van der Waals surface area contributed by atoms with E-state index >= 15 is 0 Å². The molecule has 1 atom stereocenters. The van der Waals surface area contributed by atoms with E-state index in [1.54, 1.807) is 6.07 Å². The van der Waals surface area contributed by atoms with Gasteiger partial charge in [-0.1, -0.05) is 17.7 Å². The summed E-state index contributed by atoms with van der Waals surface area (Å²) < 4.78 is 0.757. The lowest BCUT2D eigenvalue weighted by molar-refractivity contribution is 0.692. The highest BCUT2D eigenvalue weighted by molar-refractivity contribution is 7.16. The van der Waals surface area contributed by atoms with Crippen molar-refractivity contribution in [1.29, 1.82) is 5.26 Å². The van der Waals surface area contributed by atoms with Crippen LogP contribution in [-0.4, -0.2) is 13.6 Å². The van der Waals surface area contributed by atoms with Gasteiger partial charge in [-0.3, -0.25) is 0 Å². The minimum Gasteiger partial charge on any atom is -0.365 e. The smallest absolute Gasteiger partial charge is 0.0992 e. The van der Waals surface area contributed by atoms with Crippen molar-refractivity contribution in [3.05, 3.63) is 51.2 Å². The summed E-state index contributed by atoms with van der Waals surface area (Å²) in [4.78, 5) is 3.19. The first-order chi connectivity index (χ1) is 9.15. The number of benzene rings is 1. The van der Waals surface area contributed by atoms with Gasteiger partial charge in [0, 0.05) is 24.2 Å². The Kier molecular flexibility index (Phi) is 4.43. The molecule has 2 N–H and O–H groups in total. The van der Waals surface area contributed by atoms with Crippen LogP contribution in [0.1, 0.15) is 16.5 Å². The molecule has 5 heteroatoms. The van der Waals surface area contributed by atoms with Crippen LogP contribution in [0.3, 0.4) is 0 Å². The fourth-order valence-electron chi connectivity index (χ4n) is 1.95. The SMILES string of the molecule is CN(c1cccc(C#N)c1)C(CN)c1ccc(Cl)s1. The highest BCUT2D eigenvalue weighted by atomic mass is 35.5. The number of halogens is 1. The Balaban J connectivity index is 2.30. The van der Waals surface area contributed by atoms with Crippen molar-refractivity contribution in [2.75, 3.05) is 18.5 Å².